The van der Waals surface area contributed by atoms with Crippen LogP contribution >= 0.6 is 0 Å². The summed E-state index contributed by atoms with van der Waals surface area (Å²) in [5, 5.41) is 6.80. The summed E-state index contributed by atoms with van der Waals surface area (Å²) < 4.78 is 59.3. The van der Waals surface area contributed by atoms with Gasteiger partial charge < -0.3 is 15.5 Å². The summed E-state index contributed by atoms with van der Waals surface area (Å²) in [6.07, 6.45) is 9.33. The van der Waals surface area contributed by atoms with Gasteiger partial charge >= 0.3 is 0 Å². The largest absolute Gasteiger partial charge is 0.384 e. The van der Waals surface area contributed by atoms with Crippen molar-refractivity contribution in [3.63, 3.8) is 0 Å². The minimum atomic E-state index is -3.89. The average molecular weight is 618 g/mol. The lowest BCUT2D eigenvalue weighted by Crippen LogP contribution is -2.37. The van der Waals surface area contributed by atoms with Gasteiger partial charge in [-0.15, -0.1) is 0 Å². The number of aryl methyl sites for hydroxylation is 1. The molecule has 3 fully saturated rings. The van der Waals surface area contributed by atoms with Crippen molar-refractivity contribution in [2.45, 2.75) is 74.0 Å². The molecule has 2 aromatic carbocycles. The Labute approximate surface area is 252 Å². The van der Waals surface area contributed by atoms with E-state index in [2.05, 4.69) is 27.7 Å². The van der Waals surface area contributed by atoms with Gasteiger partial charge in [-0.2, -0.15) is 8.61 Å². The van der Waals surface area contributed by atoms with Crippen molar-refractivity contribution in [3.05, 3.63) is 48.0 Å². The van der Waals surface area contributed by atoms with Gasteiger partial charge in [-0.25, -0.2) is 16.8 Å². The lowest BCUT2D eigenvalue weighted by Gasteiger charge is -2.30. The van der Waals surface area contributed by atoms with E-state index >= 15 is 0 Å². The standard InChI is InChI=1S/C31H47N5O4S2/c37-41(38,35-20-6-2-7-21-35)30-26-31(42(39,40)36-22-8-3-9-23-36)29(33-17-24-34-18-10-11-19-34)25-28(30)32-16-12-15-27-13-4-1-5-14-27/h1,4-5,13-14,25-26,32-33H,2-3,6-12,15-24H2. The molecular formula is C31H47N5O4S2. The summed E-state index contributed by atoms with van der Waals surface area (Å²) in [7, 11) is -7.78. The highest BCUT2D eigenvalue weighted by Gasteiger charge is 2.34. The Bertz CT molecular complexity index is 1370. The van der Waals surface area contributed by atoms with E-state index in [9.17, 15) is 16.8 Å². The third-order valence-electron chi connectivity index (χ3n) is 8.69. The number of rotatable bonds is 13. The molecule has 0 aliphatic carbocycles. The monoisotopic (exact) mass is 617 g/mol. The smallest absolute Gasteiger partial charge is 0.245 e. The number of piperidine rings is 2. The zero-order valence-electron chi connectivity index (χ0n) is 24.8. The molecule has 0 unspecified atom stereocenters. The Kier molecular flexibility index (Phi) is 10.8. The summed E-state index contributed by atoms with van der Waals surface area (Å²) in [5.74, 6) is 0. The molecular weight excluding hydrogens is 571 g/mol. The van der Waals surface area contributed by atoms with Crippen LogP contribution in [0.2, 0.25) is 0 Å². The number of benzene rings is 2. The van der Waals surface area contributed by atoms with Crippen molar-refractivity contribution in [3.8, 4) is 0 Å². The predicted octanol–water partition coefficient (Wildman–Crippen LogP) is 4.59. The number of nitrogens with zero attached hydrogens (tertiary/aromatic N) is 3. The Morgan fingerprint density at radius 2 is 1.10 bits per heavy atom. The first kappa shape index (κ1) is 31.3. The molecule has 9 nitrogen and oxygen atoms in total. The molecule has 3 aliphatic heterocycles. The second-order valence-electron chi connectivity index (χ2n) is 11.8. The molecule has 0 aromatic heterocycles. The van der Waals surface area contributed by atoms with Gasteiger partial charge in [0.1, 0.15) is 9.79 Å². The number of sulfonamides is 2. The lowest BCUT2D eigenvalue weighted by atomic mass is 10.1. The van der Waals surface area contributed by atoms with Crippen LogP contribution in [0.5, 0.6) is 0 Å². The number of likely N-dealkylation sites (tertiary alicyclic amines) is 1. The van der Waals surface area contributed by atoms with E-state index in [0.29, 0.717) is 50.6 Å². The Morgan fingerprint density at radius 1 is 0.595 bits per heavy atom. The fourth-order valence-electron chi connectivity index (χ4n) is 6.27. The molecule has 42 heavy (non-hydrogen) atoms. The molecule has 3 saturated heterocycles. The molecule has 0 radical (unpaired) electrons. The van der Waals surface area contributed by atoms with Crippen molar-refractivity contribution in [2.75, 3.05) is 69.5 Å². The molecule has 2 N–H and O–H groups in total. The van der Waals surface area contributed by atoms with Crippen LogP contribution in [0, 0.1) is 0 Å². The van der Waals surface area contributed by atoms with E-state index in [1.54, 1.807) is 6.07 Å². The maximum atomic E-state index is 14.1. The quantitative estimate of drug-likeness (QED) is 0.317. The maximum absolute atomic E-state index is 14.1. The Hall–Kier alpha value is -2.18. The van der Waals surface area contributed by atoms with Gasteiger partial charge in [-0.1, -0.05) is 43.2 Å². The number of hydrogen-bond donors (Lipinski definition) is 2. The molecule has 5 rings (SSSR count). The van der Waals surface area contributed by atoms with Gasteiger partial charge in [0.05, 0.1) is 11.4 Å². The number of nitrogens with one attached hydrogen (secondary N) is 2. The molecule has 232 valence electrons. The third kappa shape index (κ3) is 7.66. The fraction of sp³-hybridized carbons (Fsp3) is 0.613. The molecule has 0 saturated carbocycles. The zero-order chi connectivity index (χ0) is 29.4. The third-order valence-corrected chi connectivity index (χ3v) is 12.6. The topological polar surface area (TPSA) is 102 Å². The molecule has 3 heterocycles. The van der Waals surface area contributed by atoms with E-state index in [1.165, 1.54) is 33.1 Å². The van der Waals surface area contributed by atoms with Crippen molar-refractivity contribution in [2.24, 2.45) is 0 Å². The molecule has 0 spiro atoms. The molecule has 0 bridgehead atoms. The highest BCUT2D eigenvalue weighted by molar-refractivity contribution is 7.90. The first-order chi connectivity index (χ1) is 20.4. The summed E-state index contributed by atoms with van der Waals surface area (Å²) in [6.45, 7) is 5.93. The van der Waals surface area contributed by atoms with E-state index < -0.39 is 20.0 Å². The maximum Gasteiger partial charge on any atom is 0.245 e. The van der Waals surface area contributed by atoms with Gasteiger partial charge in [0.2, 0.25) is 20.0 Å². The fourth-order valence-corrected chi connectivity index (χ4v) is 9.73. The summed E-state index contributed by atoms with van der Waals surface area (Å²) in [4.78, 5) is 2.50. The summed E-state index contributed by atoms with van der Waals surface area (Å²) >= 11 is 0. The van der Waals surface area contributed by atoms with Crippen LogP contribution in [-0.2, 0) is 26.5 Å². The summed E-state index contributed by atoms with van der Waals surface area (Å²) in [6, 6.07) is 13.4. The lowest BCUT2D eigenvalue weighted by molar-refractivity contribution is 0.345. The minimum Gasteiger partial charge on any atom is -0.384 e. The van der Waals surface area contributed by atoms with Gasteiger partial charge in [0.15, 0.2) is 0 Å². The van der Waals surface area contributed by atoms with Crippen molar-refractivity contribution < 1.29 is 16.8 Å². The summed E-state index contributed by atoms with van der Waals surface area (Å²) in [5.41, 5.74) is 2.17. The van der Waals surface area contributed by atoms with Crippen molar-refractivity contribution >= 4 is 31.4 Å². The molecule has 0 atom stereocenters. The first-order valence-corrected chi connectivity index (χ1v) is 18.7. The van der Waals surface area contributed by atoms with E-state index in [4.69, 9.17) is 0 Å². The van der Waals surface area contributed by atoms with Crippen LogP contribution in [0.3, 0.4) is 0 Å². The zero-order valence-corrected chi connectivity index (χ0v) is 26.4. The van der Waals surface area contributed by atoms with Crippen molar-refractivity contribution in [1.29, 1.82) is 0 Å². The van der Waals surface area contributed by atoms with E-state index in [1.807, 2.05) is 18.2 Å². The van der Waals surface area contributed by atoms with Crippen LogP contribution < -0.4 is 10.6 Å². The highest BCUT2D eigenvalue weighted by Crippen LogP contribution is 2.36. The van der Waals surface area contributed by atoms with Gasteiger partial charge in [0.25, 0.3) is 0 Å². The highest BCUT2D eigenvalue weighted by atomic mass is 32.2. The van der Waals surface area contributed by atoms with Crippen LogP contribution in [0.15, 0.2) is 52.3 Å². The second-order valence-corrected chi connectivity index (χ2v) is 15.6. The SMILES string of the molecule is O=S(=O)(c1cc(S(=O)(=O)N2CCCCC2)c(NCCN2CCCC2)cc1NCCCc1ccccc1)N1CCCCC1. The predicted molar refractivity (Wildman–Crippen MR) is 169 cm³/mol. The van der Waals surface area contributed by atoms with E-state index in [0.717, 1.165) is 71.0 Å². The second kappa shape index (κ2) is 14.5. The minimum absolute atomic E-state index is 0.0600. The van der Waals surface area contributed by atoms with Crippen LogP contribution in [-0.4, -0.2) is 89.2 Å². The van der Waals surface area contributed by atoms with Gasteiger partial charge in [-0.05, 0) is 82.2 Å². The van der Waals surface area contributed by atoms with Crippen LogP contribution in [0.1, 0.15) is 63.4 Å². The van der Waals surface area contributed by atoms with Crippen molar-refractivity contribution in [1.82, 2.24) is 13.5 Å². The van der Waals surface area contributed by atoms with Gasteiger partial charge in [0, 0.05) is 45.8 Å². The number of anilines is 2. The normalized spacial score (nSPS) is 19.6. The Balaban J connectivity index is 1.48. The van der Waals surface area contributed by atoms with Crippen LogP contribution in [0.4, 0.5) is 11.4 Å². The number of hydrogen-bond acceptors (Lipinski definition) is 7. The average Bonchev–Trinajstić information content (AvgIpc) is 3.54. The molecule has 0 amide bonds. The van der Waals surface area contributed by atoms with Gasteiger partial charge in [-0.3, -0.25) is 0 Å². The molecule has 11 heteroatoms. The molecule has 2 aromatic rings. The molecule has 3 aliphatic rings. The Morgan fingerprint density at radius 3 is 1.64 bits per heavy atom. The van der Waals surface area contributed by atoms with Crippen LogP contribution in [0.25, 0.3) is 0 Å². The first-order valence-electron chi connectivity index (χ1n) is 15.8. The van der Waals surface area contributed by atoms with E-state index in [-0.39, 0.29) is 9.79 Å².